The smallest absolute Gasteiger partial charge is 0.409 e. The van der Waals surface area contributed by atoms with Gasteiger partial charge in [0.25, 0.3) is 11.8 Å². The Labute approximate surface area is 167 Å². The van der Waals surface area contributed by atoms with Gasteiger partial charge in [-0.15, -0.1) is 11.6 Å². The van der Waals surface area contributed by atoms with Crippen molar-refractivity contribution in [1.82, 2.24) is 15.1 Å². The van der Waals surface area contributed by atoms with Crippen LogP contribution in [0.15, 0.2) is 24.3 Å². The first-order chi connectivity index (χ1) is 13.4. The van der Waals surface area contributed by atoms with Crippen molar-refractivity contribution in [3.8, 4) is 0 Å². The summed E-state index contributed by atoms with van der Waals surface area (Å²) in [6.07, 6.45) is 0.720. The minimum absolute atomic E-state index is 0.137. The molecule has 2 aliphatic heterocycles. The second-order valence-electron chi connectivity index (χ2n) is 6.78. The van der Waals surface area contributed by atoms with Gasteiger partial charge in [-0.05, 0) is 31.9 Å². The Morgan fingerprint density at radius 1 is 1.18 bits per heavy atom. The third-order valence-electron chi connectivity index (χ3n) is 4.99. The number of hydrogen-bond donors (Lipinski definition) is 1. The predicted octanol–water partition coefficient (Wildman–Crippen LogP) is 1.63. The van der Waals surface area contributed by atoms with Gasteiger partial charge < -0.3 is 15.0 Å². The monoisotopic (exact) mass is 407 g/mol. The molecule has 2 heterocycles. The summed E-state index contributed by atoms with van der Waals surface area (Å²) in [7, 11) is 0. The molecule has 0 spiro atoms. The van der Waals surface area contributed by atoms with Gasteiger partial charge in [-0.25, -0.2) is 4.79 Å². The maximum Gasteiger partial charge on any atom is 0.409 e. The Morgan fingerprint density at radius 3 is 2.29 bits per heavy atom. The number of amides is 4. The summed E-state index contributed by atoms with van der Waals surface area (Å²) in [5, 5.41) is 2.88. The van der Waals surface area contributed by atoms with Crippen molar-refractivity contribution >= 4 is 35.4 Å². The predicted molar refractivity (Wildman–Crippen MR) is 101 cm³/mol. The molecular formula is C19H22ClN3O5. The number of fused-ring (bicyclic) bond motifs is 1. The van der Waals surface area contributed by atoms with Crippen LogP contribution in [0.4, 0.5) is 4.79 Å². The topological polar surface area (TPSA) is 96.0 Å². The maximum absolute atomic E-state index is 12.6. The van der Waals surface area contributed by atoms with Crippen LogP contribution in [-0.2, 0) is 9.53 Å². The van der Waals surface area contributed by atoms with Crippen LogP contribution in [0.25, 0.3) is 0 Å². The first kappa shape index (κ1) is 20.1. The molecule has 9 heteroatoms. The van der Waals surface area contributed by atoms with Crippen LogP contribution in [0.5, 0.6) is 0 Å². The van der Waals surface area contributed by atoms with Gasteiger partial charge in [0.1, 0.15) is 12.6 Å². The lowest BCUT2D eigenvalue weighted by Crippen LogP contribution is -2.53. The van der Waals surface area contributed by atoms with Gasteiger partial charge in [0.05, 0.1) is 17.0 Å². The lowest BCUT2D eigenvalue weighted by molar-refractivity contribution is -0.125. The number of ether oxygens (including phenoxy) is 1. The Hall–Kier alpha value is -2.61. The van der Waals surface area contributed by atoms with E-state index in [2.05, 4.69) is 5.32 Å². The molecule has 1 saturated heterocycles. The number of piperidine rings is 1. The van der Waals surface area contributed by atoms with E-state index in [-0.39, 0.29) is 18.5 Å². The summed E-state index contributed by atoms with van der Waals surface area (Å²) in [5.41, 5.74) is 0.631. The number of hydrogen-bond acceptors (Lipinski definition) is 5. The standard InChI is InChI=1S/C19H22ClN3O5/c1-12(23-17(25)14-4-2-3-5-15(14)18(23)26)16(24)21-13-6-9-22(10-7-13)19(27)28-11-8-20/h2-5,12-13H,6-11H2,1H3,(H,21,24). The quantitative estimate of drug-likeness (QED) is 0.591. The molecule has 0 saturated carbocycles. The molecule has 1 fully saturated rings. The van der Waals surface area contributed by atoms with Crippen molar-refractivity contribution < 1.29 is 23.9 Å². The molecule has 1 aromatic rings. The Kier molecular flexibility index (Phi) is 6.18. The fourth-order valence-electron chi connectivity index (χ4n) is 3.42. The number of alkyl halides is 1. The van der Waals surface area contributed by atoms with Crippen molar-refractivity contribution in [2.45, 2.75) is 31.8 Å². The van der Waals surface area contributed by atoms with Gasteiger partial charge in [0.15, 0.2) is 0 Å². The normalized spacial score (nSPS) is 18.1. The molecule has 8 nitrogen and oxygen atoms in total. The lowest BCUT2D eigenvalue weighted by Gasteiger charge is -2.32. The van der Waals surface area contributed by atoms with E-state index in [9.17, 15) is 19.2 Å². The Balaban J connectivity index is 1.54. The van der Waals surface area contributed by atoms with E-state index in [0.29, 0.717) is 37.1 Å². The first-order valence-corrected chi connectivity index (χ1v) is 9.72. The molecule has 0 bridgehead atoms. The highest BCUT2D eigenvalue weighted by atomic mass is 35.5. The fourth-order valence-corrected chi connectivity index (χ4v) is 3.50. The number of nitrogens with zero attached hydrogens (tertiary/aromatic N) is 2. The SMILES string of the molecule is CC(C(=O)NC1CCN(C(=O)OCCCl)CC1)N1C(=O)c2ccccc2C1=O. The molecule has 28 heavy (non-hydrogen) atoms. The van der Waals surface area contributed by atoms with Crippen LogP contribution in [0.2, 0.25) is 0 Å². The number of carbonyl (C=O) groups excluding carboxylic acids is 4. The third kappa shape index (κ3) is 3.96. The molecule has 1 aromatic carbocycles. The van der Waals surface area contributed by atoms with Crippen LogP contribution in [0, 0.1) is 0 Å². The van der Waals surface area contributed by atoms with E-state index in [0.717, 1.165) is 4.90 Å². The zero-order chi connectivity index (χ0) is 20.3. The number of carbonyl (C=O) groups is 4. The minimum atomic E-state index is -0.917. The van der Waals surface area contributed by atoms with E-state index >= 15 is 0 Å². The summed E-state index contributed by atoms with van der Waals surface area (Å²) in [6, 6.07) is 5.48. The molecule has 0 aromatic heterocycles. The average Bonchev–Trinajstić information content (AvgIpc) is 2.96. The number of imide groups is 1. The highest BCUT2D eigenvalue weighted by molar-refractivity contribution is 6.22. The lowest BCUT2D eigenvalue weighted by atomic mass is 10.0. The zero-order valence-corrected chi connectivity index (χ0v) is 16.3. The van der Waals surface area contributed by atoms with Crippen LogP contribution >= 0.6 is 11.6 Å². The van der Waals surface area contributed by atoms with Crippen molar-refractivity contribution in [2.24, 2.45) is 0 Å². The molecule has 4 amide bonds. The third-order valence-corrected chi connectivity index (χ3v) is 5.15. The van der Waals surface area contributed by atoms with Crippen molar-refractivity contribution in [1.29, 1.82) is 0 Å². The molecule has 1 N–H and O–H groups in total. The van der Waals surface area contributed by atoms with Gasteiger partial charge in [0.2, 0.25) is 5.91 Å². The van der Waals surface area contributed by atoms with Crippen LogP contribution in [-0.4, -0.2) is 71.3 Å². The fraction of sp³-hybridized carbons (Fsp3) is 0.474. The maximum atomic E-state index is 12.6. The summed E-state index contributed by atoms with van der Waals surface area (Å²) >= 11 is 5.50. The molecule has 150 valence electrons. The van der Waals surface area contributed by atoms with Crippen LogP contribution in [0.1, 0.15) is 40.5 Å². The molecule has 0 aliphatic carbocycles. The highest BCUT2D eigenvalue weighted by Crippen LogP contribution is 2.24. The van der Waals surface area contributed by atoms with E-state index < -0.39 is 29.9 Å². The number of rotatable bonds is 5. The molecule has 0 radical (unpaired) electrons. The number of halogens is 1. The highest BCUT2D eigenvalue weighted by Gasteiger charge is 2.41. The molecule has 3 rings (SSSR count). The zero-order valence-electron chi connectivity index (χ0n) is 15.5. The Morgan fingerprint density at radius 2 is 1.75 bits per heavy atom. The van der Waals surface area contributed by atoms with Gasteiger partial charge in [-0.3, -0.25) is 19.3 Å². The summed E-state index contributed by atoms with van der Waals surface area (Å²) in [5.74, 6) is -1.06. The number of benzene rings is 1. The summed E-state index contributed by atoms with van der Waals surface area (Å²) in [6.45, 7) is 2.60. The largest absolute Gasteiger partial charge is 0.448 e. The van der Waals surface area contributed by atoms with Crippen LogP contribution in [0.3, 0.4) is 0 Å². The molecule has 2 aliphatic rings. The number of nitrogens with one attached hydrogen (secondary N) is 1. The van der Waals surface area contributed by atoms with Gasteiger partial charge in [0, 0.05) is 19.1 Å². The van der Waals surface area contributed by atoms with Crippen molar-refractivity contribution in [3.05, 3.63) is 35.4 Å². The van der Waals surface area contributed by atoms with Crippen molar-refractivity contribution in [3.63, 3.8) is 0 Å². The minimum Gasteiger partial charge on any atom is -0.448 e. The molecule has 1 unspecified atom stereocenters. The van der Waals surface area contributed by atoms with E-state index in [1.165, 1.54) is 6.92 Å². The van der Waals surface area contributed by atoms with Gasteiger partial charge in [-0.1, -0.05) is 12.1 Å². The van der Waals surface area contributed by atoms with Crippen molar-refractivity contribution in [2.75, 3.05) is 25.6 Å². The average molecular weight is 408 g/mol. The molecular weight excluding hydrogens is 386 g/mol. The van der Waals surface area contributed by atoms with E-state index in [1.54, 1.807) is 29.2 Å². The van der Waals surface area contributed by atoms with Crippen LogP contribution < -0.4 is 5.32 Å². The number of likely N-dealkylation sites (tertiary alicyclic amines) is 1. The van der Waals surface area contributed by atoms with E-state index in [4.69, 9.17) is 16.3 Å². The summed E-state index contributed by atoms with van der Waals surface area (Å²) in [4.78, 5) is 52.0. The first-order valence-electron chi connectivity index (χ1n) is 9.19. The Bertz CT molecular complexity index is 757. The van der Waals surface area contributed by atoms with Gasteiger partial charge >= 0.3 is 6.09 Å². The second kappa shape index (κ2) is 8.60. The second-order valence-corrected chi connectivity index (χ2v) is 7.15. The van der Waals surface area contributed by atoms with E-state index in [1.807, 2.05) is 0 Å². The van der Waals surface area contributed by atoms with Gasteiger partial charge in [-0.2, -0.15) is 0 Å². The summed E-state index contributed by atoms with van der Waals surface area (Å²) < 4.78 is 4.99. The molecule has 1 atom stereocenters.